The zero-order valence-electron chi connectivity index (χ0n) is 12.1. The molecule has 1 aromatic heterocycles. The predicted molar refractivity (Wildman–Crippen MR) is 87.0 cm³/mol. The van der Waals surface area contributed by atoms with Crippen molar-refractivity contribution >= 4 is 37.6 Å². The topological polar surface area (TPSA) is 50.5 Å². The molecule has 1 aliphatic rings. The van der Waals surface area contributed by atoms with Gasteiger partial charge in [-0.25, -0.2) is 8.42 Å². The fraction of sp³-hybridized carbons (Fsp3) is 0.714. The number of furan rings is 1. The van der Waals surface area contributed by atoms with Gasteiger partial charge in [0.15, 0.2) is 4.67 Å². The highest BCUT2D eigenvalue weighted by molar-refractivity contribution is 9.10. The van der Waals surface area contributed by atoms with Gasteiger partial charge >= 0.3 is 0 Å². The Morgan fingerprint density at radius 1 is 1.43 bits per heavy atom. The van der Waals surface area contributed by atoms with Gasteiger partial charge in [0.1, 0.15) is 10.7 Å². The molecule has 0 aliphatic carbocycles. The van der Waals surface area contributed by atoms with Gasteiger partial charge < -0.3 is 4.42 Å². The number of sulfonamides is 1. The average molecular weight is 399 g/mol. The molecule has 2 heterocycles. The molecule has 120 valence electrons. The maximum atomic E-state index is 12.7. The minimum atomic E-state index is -3.51. The highest BCUT2D eigenvalue weighted by Gasteiger charge is 2.31. The molecule has 0 spiro atoms. The van der Waals surface area contributed by atoms with Crippen LogP contribution < -0.4 is 0 Å². The highest BCUT2D eigenvalue weighted by Crippen LogP contribution is 2.31. The third-order valence-corrected chi connectivity index (χ3v) is 6.98. The zero-order chi connectivity index (χ0) is 15.5. The largest absolute Gasteiger partial charge is 0.452 e. The molecular weight excluding hydrogens is 378 g/mol. The molecule has 4 nitrogen and oxygen atoms in total. The van der Waals surface area contributed by atoms with E-state index in [2.05, 4.69) is 22.9 Å². The molecule has 1 aliphatic heterocycles. The minimum Gasteiger partial charge on any atom is -0.452 e. The molecule has 1 aromatic rings. The quantitative estimate of drug-likeness (QED) is 0.692. The Labute approximate surface area is 140 Å². The van der Waals surface area contributed by atoms with Crippen molar-refractivity contribution < 1.29 is 12.8 Å². The van der Waals surface area contributed by atoms with Crippen LogP contribution >= 0.6 is 27.5 Å². The van der Waals surface area contributed by atoms with Gasteiger partial charge in [0, 0.05) is 19.2 Å². The van der Waals surface area contributed by atoms with Gasteiger partial charge in [0.25, 0.3) is 0 Å². The standard InChI is InChI=1S/C14H21BrClNO3S/c1-2-4-11-5-3-7-17(8-6-11)21(18,19)13-9-12(10-16)20-14(13)15/h9,11H,2-8,10H2,1H3. The lowest BCUT2D eigenvalue weighted by Crippen LogP contribution is -2.32. The summed E-state index contributed by atoms with van der Waals surface area (Å²) in [6.45, 7) is 3.34. The fourth-order valence-electron chi connectivity index (χ4n) is 2.85. The molecule has 0 N–H and O–H groups in total. The Bertz CT molecular complexity index is 573. The van der Waals surface area contributed by atoms with E-state index >= 15 is 0 Å². The monoisotopic (exact) mass is 397 g/mol. The Balaban J connectivity index is 2.17. The van der Waals surface area contributed by atoms with Crippen LogP contribution in [0, 0.1) is 5.92 Å². The van der Waals surface area contributed by atoms with E-state index in [0.29, 0.717) is 24.8 Å². The summed E-state index contributed by atoms with van der Waals surface area (Å²) in [6.07, 6.45) is 5.30. The van der Waals surface area contributed by atoms with Gasteiger partial charge in [0.2, 0.25) is 10.0 Å². The zero-order valence-corrected chi connectivity index (χ0v) is 15.3. The van der Waals surface area contributed by atoms with Crippen LogP contribution in [0.2, 0.25) is 0 Å². The van der Waals surface area contributed by atoms with Gasteiger partial charge in [0.05, 0.1) is 5.88 Å². The summed E-state index contributed by atoms with van der Waals surface area (Å²) in [5.74, 6) is 1.26. The Hall–Kier alpha value is -0.0400. The summed E-state index contributed by atoms with van der Waals surface area (Å²) >= 11 is 8.89. The molecule has 0 saturated carbocycles. The molecule has 7 heteroatoms. The molecular formula is C14H21BrClNO3S. The van der Waals surface area contributed by atoms with Gasteiger partial charge in [-0.2, -0.15) is 4.31 Å². The van der Waals surface area contributed by atoms with Crippen molar-refractivity contribution in [2.75, 3.05) is 13.1 Å². The van der Waals surface area contributed by atoms with E-state index in [4.69, 9.17) is 16.0 Å². The van der Waals surface area contributed by atoms with Gasteiger partial charge in [-0.15, -0.1) is 11.6 Å². The van der Waals surface area contributed by atoms with Crippen LogP contribution in [0.3, 0.4) is 0 Å². The molecule has 0 radical (unpaired) electrons. The molecule has 1 unspecified atom stereocenters. The molecule has 1 atom stereocenters. The Kier molecular flexibility index (Phi) is 6.17. The van der Waals surface area contributed by atoms with Crippen molar-refractivity contribution in [1.29, 1.82) is 0 Å². The van der Waals surface area contributed by atoms with Crippen LogP contribution in [0.5, 0.6) is 0 Å². The third-order valence-electron chi connectivity index (χ3n) is 3.96. The van der Waals surface area contributed by atoms with Crippen LogP contribution in [-0.4, -0.2) is 25.8 Å². The first kappa shape index (κ1) is 17.3. The summed E-state index contributed by atoms with van der Waals surface area (Å²) in [4.78, 5) is 0.187. The van der Waals surface area contributed by atoms with E-state index in [1.807, 2.05) is 0 Å². The predicted octanol–water partition coefficient (Wildman–Crippen LogP) is 4.37. The van der Waals surface area contributed by atoms with Crippen molar-refractivity contribution in [2.45, 2.75) is 49.8 Å². The maximum absolute atomic E-state index is 12.7. The van der Waals surface area contributed by atoms with E-state index in [1.165, 1.54) is 12.5 Å². The number of nitrogens with zero attached hydrogens (tertiary/aromatic N) is 1. The van der Waals surface area contributed by atoms with E-state index in [9.17, 15) is 8.42 Å². The lowest BCUT2D eigenvalue weighted by molar-refractivity contribution is 0.399. The second kappa shape index (κ2) is 7.49. The minimum absolute atomic E-state index is 0.159. The van der Waals surface area contributed by atoms with Crippen molar-refractivity contribution in [3.63, 3.8) is 0 Å². The summed E-state index contributed by atoms with van der Waals surface area (Å²) in [5.41, 5.74) is 0. The molecule has 21 heavy (non-hydrogen) atoms. The first-order valence-electron chi connectivity index (χ1n) is 7.33. The van der Waals surface area contributed by atoms with Crippen LogP contribution in [0.1, 0.15) is 44.8 Å². The molecule has 1 saturated heterocycles. The third kappa shape index (κ3) is 4.03. The van der Waals surface area contributed by atoms with Crippen LogP contribution in [0.15, 0.2) is 20.0 Å². The van der Waals surface area contributed by atoms with E-state index in [0.717, 1.165) is 25.7 Å². The van der Waals surface area contributed by atoms with Crippen LogP contribution in [0.4, 0.5) is 0 Å². The van der Waals surface area contributed by atoms with Crippen LogP contribution in [-0.2, 0) is 15.9 Å². The molecule has 0 aromatic carbocycles. The Morgan fingerprint density at radius 2 is 2.19 bits per heavy atom. The number of hydrogen-bond acceptors (Lipinski definition) is 3. The van der Waals surface area contributed by atoms with Gasteiger partial charge in [-0.05, 0) is 41.1 Å². The molecule has 1 fully saturated rings. The fourth-order valence-corrected chi connectivity index (χ4v) is 5.44. The summed E-state index contributed by atoms with van der Waals surface area (Å²) in [5, 5.41) is 0. The first-order valence-corrected chi connectivity index (χ1v) is 10.1. The number of rotatable bonds is 5. The molecule has 0 bridgehead atoms. The summed E-state index contributed by atoms with van der Waals surface area (Å²) in [7, 11) is -3.51. The number of hydrogen-bond donors (Lipinski definition) is 0. The Morgan fingerprint density at radius 3 is 2.81 bits per heavy atom. The molecule has 2 rings (SSSR count). The smallest absolute Gasteiger partial charge is 0.247 e. The normalized spacial score (nSPS) is 21.4. The average Bonchev–Trinajstić information content (AvgIpc) is 2.68. The molecule has 0 amide bonds. The second-order valence-corrected chi connectivity index (χ2v) is 8.37. The van der Waals surface area contributed by atoms with E-state index in [1.54, 1.807) is 4.31 Å². The van der Waals surface area contributed by atoms with Crippen LogP contribution in [0.25, 0.3) is 0 Å². The first-order chi connectivity index (χ1) is 9.98. The van der Waals surface area contributed by atoms with E-state index in [-0.39, 0.29) is 15.4 Å². The number of alkyl halides is 1. The van der Waals surface area contributed by atoms with E-state index < -0.39 is 10.0 Å². The maximum Gasteiger partial charge on any atom is 0.247 e. The second-order valence-electron chi connectivity index (χ2n) is 5.47. The van der Waals surface area contributed by atoms with Crippen molar-refractivity contribution in [2.24, 2.45) is 5.92 Å². The SMILES string of the molecule is CCCC1CCCN(S(=O)(=O)c2cc(CCl)oc2Br)CC1. The summed E-state index contributed by atoms with van der Waals surface area (Å²) in [6, 6.07) is 1.51. The highest BCUT2D eigenvalue weighted by atomic mass is 79.9. The van der Waals surface area contributed by atoms with Gasteiger partial charge in [-0.1, -0.05) is 19.8 Å². The van der Waals surface area contributed by atoms with Crippen molar-refractivity contribution in [3.8, 4) is 0 Å². The van der Waals surface area contributed by atoms with Crippen molar-refractivity contribution in [1.82, 2.24) is 4.31 Å². The lowest BCUT2D eigenvalue weighted by Gasteiger charge is -2.19. The lowest BCUT2D eigenvalue weighted by atomic mass is 9.96. The van der Waals surface area contributed by atoms with Gasteiger partial charge in [-0.3, -0.25) is 0 Å². The summed E-state index contributed by atoms with van der Waals surface area (Å²) < 4.78 is 32.6. The number of halogens is 2. The van der Waals surface area contributed by atoms with Crippen molar-refractivity contribution in [3.05, 3.63) is 16.5 Å².